The van der Waals surface area contributed by atoms with E-state index in [1.54, 1.807) is 29.5 Å². The first-order valence-electron chi connectivity index (χ1n) is 13.7. The second kappa shape index (κ2) is 12.0. The van der Waals surface area contributed by atoms with E-state index in [1.807, 2.05) is 36.5 Å². The Balaban J connectivity index is 1.07. The monoisotopic (exact) mass is 553 g/mol. The Labute approximate surface area is 237 Å². The molecule has 0 bridgehead atoms. The average Bonchev–Trinajstić information content (AvgIpc) is 3.66. The minimum Gasteiger partial charge on any atom is -0.378 e. The fourth-order valence-corrected chi connectivity index (χ4v) is 5.77. The molecule has 1 fully saturated rings. The van der Waals surface area contributed by atoms with Crippen LogP contribution in [0.1, 0.15) is 43.0 Å². The normalized spacial score (nSPS) is 14.1. The Morgan fingerprint density at radius 1 is 0.975 bits per heavy atom. The fraction of sp³-hybridized carbons (Fsp3) is 0.290. The van der Waals surface area contributed by atoms with Crippen LogP contribution in [0.25, 0.3) is 32.0 Å². The molecule has 3 aromatic carbocycles. The van der Waals surface area contributed by atoms with E-state index >= 15 is 0 Å². The summed E-state index contributed by atoms with van der Waals surface area (Å²) in [5.74, 6) is -0.504. The maximum absolute atomic E-state index is 12.7. The van der Waals surface area contributed by atoms with Crippen LogP contribution in [-0.2, 0) is 4.74 Å². The van der Waals surface area contributed by atoms with Gasteiger partial charge in [0.25, 0.3) is 0 Å². The van der Waals surface area contributed by atoms with Gasteiger partial charge in [0.2, 0.25) is 0 Å². The molecule has 0 amide bonds. The molecular formula is C31H31N5O3S. The summed E-state index contributed by atoms with van der Waals surface area (Å²) in [5, 5.41) is 8.82. The number of hydrogen-bond acceptors (Lipinski definition) is 8. The third kappa shape index (κ3) is 5.76. The maximum Gasteiger partial charge on any atom is 0.365 e. The number of piperidine rings is 1. The fourth-order valence-electron chi connectivity index (χ4n) is 4.85. The summed E-state index contributed by atoms with van der Waals surface area (Å²) in [6, 6.07) is 23.3. The van der Waals surface area contributed by atoms with Crippen LogP contribution in [0.5, 0.6) is 0 Å². The number of fused-ring (bicyclic) bond motifs is 1. The van der Waals surface area contributed by atoms with Gasteiger partial charge in [0, 0.05) is 37.1 Å². The largest absolute Gasteiger partial charge is 0.378 e. The Kier molecular flexibility index (Phi) is 7.83. The standard InChI is InChI=1S/C31H31N5O3S/c1-2-3-20-38-26-16-18-35(19-17-26)25-14-12-22(13-15-25)29-21-32-30(40-29)23-8-10-24(11-9-23)31(37)39-36-28-7-5-4-6-27(28)33-34-36/h4-15,21,26H,2-3,16-20H2,1H3. The molecule has 2 aromatic heterocycles. The molecule has 1 aliphatic rings. The third-order valence-corrected chi connectivity index (χ3v) is 8.27. The highest BCUT2D eigenvalue weighted by Gasteiger charge is 2.20. The second-order valence-corrected chi connectivity index (χ2v) is 10.9. The SMILES string of the molecule is CCCCOC1CCN(c2ccc(-c3cnc(-c4ccc(C(=O)On5nnc6ccccc65)cc4)s3)cc2)CC1. The zero-order valence-electron chi connectivity index (χ0n) is 22.4. The number of thiazole rings is 1. The van der Waals surface area contributed by atoms with Gasteiger partial charge >= 0.3 is 5.97 Å². The van der Waals surface area contributed by atoms with Crippen molar-refractivity contribution < 1.29 is 14.4 Å². The average molecular weight is 554 g/mol. The topological polar surface area (TPSA) is 82.4 Å². The number of hydrogen-bond donors (Lipinski definition) is 0. The van der Waals surface area contributed by atoms with Crippen LogP contribution in [0.3, 0.4) is 0 Å². The van der Waals surface area contributed by atoms with E-state index in [1.165, 1.54) is 12.1 Å². The highest BCUT2D eigenvalue weighted by atomic mass is 32.1. The highest BCUT2D eigenvalue weighted by Crippen LogP contribution is 2.33. The molecule has 0 saturated carbocycles. The Morgan fingerprint density at radius 2 is 1.73 bits per heavy atom. The molecule has 6 rings (SSSR count). The van der Waals surface area contributed by atoms with Gasteiger partial charge in [0.05, 0.1) is 16.5 Å². The first-order valence-corrected chi connectivity index (χ1v) is 14.6. The summed E-state index contributed by atoms with van der Waals surface area (Å²) in [4.78, 5) is 27.4. The maximum atomic E-state index is 12.7. The van der Waals surface area contributed by atoms with Crippen LogP contribution in [0, 0.1) is 0 Å². The number of anilines is 1. The van der Waals surface area contributed by atoms with Crippen LogP contribution >= 0.6 is 11.3 Å². The number of carbonyl (C=O) groups excluding carboxylic acids is 1. The quantitative estimate of drug-likeness (QED) is 0.157. The van der Waals surface area contributed by atoms with Crippen molar-refractivity contribution in [3.63, 3.8) is 0 Å². The van der Waals surface area contributed by atoms with Crippen LogP contribution in [-0.4, -0.2) is 51.9 Å². The number of ether oxygens (including phenoxy) is 1. The predicted octanol–water partition coefficient (Wildman–Crippen LogP) is 6.28. The molecule has 0 N–H and O–H groups in total. The summed E-state index contributed by atoms with van der Waals surface area (Å²) in [6.07, 6.45) is 6.79. The zero-order chi connectivity index (χ0) is 27.3. The molecule has 0 atom stereocenters. The smallest absolute Gasteiger partial charge is 0.365 e. The highest BCUT2D eigenvalue weighted by molar-refractivity contribution is 7.18. The number of para-hydroxylation sites is 1. The van der Waals surface area contributed by atoms with Gasteiger partial charge in [-0.05, 0) is 66.4 Å². The zero-order valence-corrected chi connectivity index (χ0v) is 23.2. The molecule has 0 spiro atoms. The minimum absolute atomic E-state index is 0.395. The van der Waals surface area contributed by atoms with E-state index in [4.69, 9.17) is 9.57 Å². The summed E-state index contributed by atoms with van der Waals surface area (Å²) < 4.78 is 6.02. The van der Waals surface area contributed by atoms with E-state index in [0.717, 1.165) is 64.8 Å². The number of nitrogens with zero attached hydrogens (tertiary/aromatic N) is 5. The lowest BCUT2D eigenvalue weighted by Crippen LogP contribution is -2.37. The van der Waals surface area contributed by atoms with E-state index < -0.39 is 5.97 Å². The summed E-state index contributed by atoms with van der Waals surface area (Å²) >= 11 is 1.63. The summed E-state index contributed by atoms with van der Waals surface area (Å²) in [6.45, 7) is 5.13. The van der Waals surface area contributed by atoms with E-state index in [-0.39, 0.29) is 0 Å². The molecule has 9 heteroatoms. The summed E-state index contributed by atoms with van der Waals surface area (Å²) in [7, 11) is 0. The molecule has 40 heavy (non-hydrogen) atoms. The summed E-state index contributed by atoms with van der Waals surface area (Å²) in [5.41, 5.74) is 5.06. The van der Waals surface area contributed by atoms with Crippen LogP contribution in [0.4, 0.5) is 5.69 Å². The Morgan fingerprint density at radius 3 is 2.50 bits per heavy atom. The van der Waals surface area contributed by atoms with Crippen LogP contribution in [0.15, 0.2) is 79.0 Å². The number of rotatable bonds is 9. The molecule has 0 unspecified atom stereocenters. The number of carbonyl (C=O) groups is 1. The van der Waals surface area contributed by atoms with Gasteiger partial charge in [-0.3, -0.25) is 0 Å². The van der Waals surface area contributed by atoms with Gasteiger partial charge in [-0.15, -0.1) is 16.4 Å². The van der Waals surface area contributed by atoms with Crippen molar-refractivity contribution in [2.45, 2.75) is 38.7 Å². The lowest BCUT2D eigenvalue weighted by Gasteiger charge is -2.33. The molecule has 1 saturated heterocycles. The second-order valence-electron chi connectivity index (χ2n) is 9.89. The van der Waals surface area contributed by atoms with Crippen molar-refractivity contribution in [1.82, 2.24) is 20.1 Å². The van der Waals surface area contributed by atoms with Crippen molar-refractivity contribution in [2.24, 2.45) is 0 Å². The van der Waals surface area contributed by atoms with Crippen molar-refractivity contribution >= 4 is 34.0 Å². The van der Waals surface area contributed by atoms with Gasteiger partial charge in [0.15, 0.2) is 0 Å². The molecule has 8 nitrogen and oxygen atoms in total. The van der Waals surface area contributed by atoms with Gasteiger partial charge < -0.3 is 14.5 Å². The van der Waals surface area contributed by atoms with Crippen molar-refractivity contribution in [3.8, 4) is 21.0 Å². The predicted molar refractivity (Wildman–Crippen MR) is 158 cm³/mol. The molecule has 0 radical (unpaired) electrons. The van der Waals surface area contributed by atoms with Crippen molar-refractivity contribution in [1.29, 1.82) is 0 Å². The van der Waals surface area contributed by atoms with Crippen molar-refractivity contribution in [3.05, 3.63) is 84.6 Å². The molecule has 5 aromatic rings. The third-order valence-electron chi connectivity index (χ3n) is 7.17. The van der Waals surface area contributed by atoms with E-state index in [2.05, 4.69) is 51.4 Å². The first kappa shape index (κ1) is 26.2. The van der Waals surface area contributed by atoms with Crippen LogP contribution < -0.4 is 9.74 Å². The number of unbranched alkanes of at least 4 members (excludes halogenated alkanes) is 1. The Hall–Kier alpha value is -4.08. The van der Waals surface area contributed by atoms with Gasteiger partial charge in [-0.2, -0.15) is 0 Å². The molecule has 0 aliphatic carbocycles. The van der Waals surface area contributed by atoms with Gasteiger partial charge in [0.1, 0.15) is 16.0 Å². The Bertz CT molecular complexity index is 1570. The molecule has 3 heterocycles. The lowest BCUT2D eigenvalue weighted by molar-refractivity contribution is 0.0354. The molecule has 204 valence electrons. The van der Waals surface area contributed by atoms with E-state index in [9.17, 15) is 4.79 Å². The molecule has 1 aliphatic heterocycles. The molecular weight excluding hydrogens is 522 g/mol. The number of aromatic nitrogens is 4. The van der Waals surface area contributed by atoms with Gasteiger partial charge in [-0.1, -0.05) is 54.6 Å². The lowest BCUT2D eigenvalue weighted by atomic mass is 10.1. The van der Waals surface area contributed by atoms with Gasteiger partial charge in [-0.25, -0.2) is 9.78 Å². The van der Waals surface area contributed by atoms with Crippen molar-refractivity contribution in [2.75, 3.05) is 24.6 Å². The van der Waals surface area contributed by atoms with E-state index in [0.29, 0.717) is 22.7 Å². The number of benzene rings is 3. The first-order chi connectivity index (χ1) is 19.7. The minimum atomic E-state index is -0.504. The van der Waals surface area contributed by atoms with Crippen LogP contribution in [0.2, 0.25) is 0 Å².